The molecule has 0 amide bonds. The number of hydrogen-bond donors (Lipinski definition) is 1. The number of para-hydroxylation sites is 1. The monoisotopic (exact) mass is 155 g/mol. The molecule has 1 nitrogen and oxygen atoms in total. The van der Waals surface area contributed by atoms with Crippen molar-refractivity contribution >= 4 is 5.69 Å². The van der Waals surface area contributed by atoms with Crippen molar-refractivity contribution in [3.63, 3.8) is 0 Å². The summed E-state index contributed by atoms with van der Waals surface area (Å²) in [6, 6.07) is 10.1. The fourth-order valence-electron chi connectivity index (χ4n) is 0.605. The Morgan fingerprint density at radius 2 is 1.60 bits per heavy atom. The van der Waals surface area contributed by atoms with Crippen molar-refractivity contribution in [2.45, 2.75) is 0 Å². The van der Waals surface area contributed by atoms with Crippen molar-refractivity contribution in [2.75, 3.05) is 12.4 Å². The second kappa shape index (κ2) is 8.12. The van der Waals surface area contributed by atoms with E-state index < -0.39 is 0 Å². The fourth-order valence-corrected chi connectivity index (χ4v) is 0.605. The van der Waals surface area contributed by atoms with E-state index in [9.17, 15) is 0 Å². The van der Waals surface area contributed by atoms with Crippen LogP contribution in [0.4, 0.5) is 5.69 Å². The average Bonchev–Trinajstić information content (AvgIpc) is 1.90. The maximum Gasteiger partial charge on any atom is 1.00 e. The molecule has 0 atom stereocenters. The summed E-state index contributed by atoms with van der Waals surface area (Å²) in [7, 11) is 1.91. The number of rotatable bonds is 1. The van der Waals surface area contributed by atoms with Gasteiger partial charge in [-0.1, -0.05) is 18.2 Å². The van der Waals surface area contributed by atoms with Gasteiger partial charge in [0.2, 0.25) is 0 Å². The molecule has 1 aromatic rings. The zero-order valence-electron chi connectivity index (χ0n) is 8.89. The van der Waals surface area contributed by atoms with Gasteiger partial charge in [0.1, 0.15) is 0 Å². The average molecular weight is 155 g/mol. The van der Waals surface area contributed by atoms with Gasteiger partial charge in [-0.25, -0.2) is 0 Å². The molecule has 0 radical (unpaired) electrons. The normalized spacial score (nSPS) is 6.90. The summed E-state index contributed by atoms with van der Waals surface area (Å²) in [5, 5.41) is 3.03. The van der Waals surface area contributed by atoms with E-state index >= 15 is 0 Å². The van der Waals surface area contributed by atoms with Crippen LogP contribution in [0.25, 0.3) is 0 Å². The van der Waals surface area contributed by atoms with Gasteiger partial charge in [-0.2, -0.15) is 0 Å². The van der Waals surface area contributed by atoms with E-state index in [1.165, 1.54) is 0 Å². The van der Waals surface area contributed by atoms with E-state index in [1.54, 1.807) is 0 Å². The SMILES string of the molecule is CNc1ccccc1.[H-].[H-].[Na+].[Na+]. The molecule has 1 aromatic carbocycles. The predicted molar refractivity (Wildman–Crippen MR) is 38.2 cm³/mol. The molecule has 0 aliphatic heterocycles. The van der Waals surface area contributed by atoms with Crippen LogP contribution >= 0.6 is 0 Å². The Bertz CT molecular complexity index is 161. The minimum absolute atomic E-state index is 0. The van der Waals surface area contributed by atoms with Crippen LogP contribution < -0.4 is 64.4 Å². The Hall–Kier alpha value is 1.02. The Morgan fingerprint density at radius 3 is 1.90 bits per heavy atom. The molecule has 0 saturated heterocycles. The second-order valence-corrected chi connectivity index (χ2v) is 1.62. The van der Waals surface area contributed by atoms with E-state index in [2.05, 4.69) is 5.32 Å². The van der Waals surface area contributed by atoms with Gasteiger partial charge >= 0.3 is 59.1 Å². The molecule has 0 aliphatic rings. The minimum atomic E-state index is 0. The molecule has 1 N–H and O–H groups in total. The fraction of sp³-hybridized carbons (Fsp3) is 0.143. The van der Waals surface area contributed by atoms with Gasteiger partial charge in [-0.15, -0.1) is 0 Å². The topological polar surface area (TPSA) is 12.0 Å². The molecular formula is C7H11NNa2. The quantitative estimate of drug-likeness (QED) is 0.407. The van der Waals surface area contributed by atoms with Crippen LogP contribution in [0.15, 0.2) is 30.3 Å². The third kappa shape index (κ3) is 4.78. The Balaban J connectivity index is -0.0000000800. The number of nitrogens with one attached hydrogen (secondary N) is 1. The van der Waals surface area contributed by atoms with Crippen molar-refractivity contribution in [2.24, 2.45) is 0 Å². The second-order valence-electron chi connectivity index (χ2n) is 1.62. The van der Waals surface area contributed by atoms with Crippen molar-refractivity contribution in [1.29, 1.82) is 0 Å². The van der Waals surface area contributed by atoms with Gasteiger partial charge in [0.25, 0.3) is 0 Å². The van der Waals surface area contributed by atoms with Crippen molar-refractivity contribution in [1.82, 2.24) is 0 Å². The molecule has 46 valence electrons. The smallest absolute Gasteiger partial charge is 1.00 e. The molecular weight excluding hydrogens is 144 g/mol. The summed E-state index contributed by atoms with van der Waals surface area (Å²) < 4.78 is 0. The van der Waals surface area contributed by atoms with Crippen LogP contribution in [-0.2, 0) is 0 Å². The maximum absolute atomic E-state index is 3.03. The van der Waals surface area contributed by atoms with Gasteiger partial charge < -0.3 is 8.17 Å². The van der Waals surface area contributed by atoms with Crippen molar-refractivity contribution in [3.8, 4) is 0 Å². The zero-order valence-corrected chi connectivity index (χ0v) is 10.9. The van der Waals surface area contributed by atoms with Crippen molar-refractivity contribution < 1.29 is 62.0 Å². The molecule has 1 rings (SSSR count). The molecule has 0 saturated carbocycles. The van der Waals surface area contributed by atoms with Gasteiger partial charge in [-0.05, 0) is 12.1 Å². The van der Waals surface area contributed by atoms with Crippen LogP contribution in [0.2, 0.25) is 0 Å². The third-order valence-electron chi connectivity index (χ3n) is 1.06. The first-order chi connectivity index (χ1) is 3.93. The van der Waals surface area contributed by atoms with E-state index in [0.717, 1.165) is 5.69 Å². The Morgan fingerprint density at radius 1 is 1.10 bits per heavy atom. The summed E-state index contributed by atoms with van der Waals surface area (Å²) in [4.78, 5) is 0. The first-order valence-electron chi connectivity index (χ1n) is 2.66. The summed E-state index contributed by atoms with van der Waals surface area (Å²) in [6.45, 7) is 0. The largest absolute Gasteiger partial charge is 1.00 e. The first kappa shape index (κ1) is 13.6. The standard InChI is InChI=1S/C7H9N.2Na.2H/c1-8-7-5-3-2-4-6-7;;;;/h2-6,8H,1H3;;;;/q;2*+1;2*-1. The van der Waals surface area contributed by atoms with E-state index in [-0.39, 0.29) is 62.0 Å². The first-order valence-corrected chi connectivity index (χ1v) is 2.66. The number of benzene rings is 1. The van der Waals surface area contributed by atoms with Crippen LogP contribution in [0, 0.1) is 0 Å². The van der Waals surface area contributed by atoms with Crippen LogP contribution in [0.1, 0.15) is 2.85 Å². The van der Waals surface area contributed by atoms with E-state index in [0.29, 0.717) is 0 Å². The molecule has 0 aromatic heterocycles. The van der Waals surface area contributed by atoms with Crippen LogP contribution in [-0.4, -0.2) is 7.05 Å². The van der Waals surface area contributed by atoms with Crippen LogP contribution in [0.3, 0.4) is 0 Å². The molecule has 0 aliphatic carbocycles. The zero-order chi connectivity index (χ0) is 5.82. The third-order valence-corrected chi connectivity index (χ3v) is 1.06. The van der Waals surface area contributed by atoms with Crippen molar-refractivity contribution in [3.05, 3.63) is 30.3 Å². The molecule has 10 heavy (non-hydrogen) atoms. The summed E-state index contributed by atoms with van der Waals surface area (Å²) >= 11 is 0. The van der Waals surface area contributed by atoms with Crippen LogP contribution in [0.5, 0.6) is 0 Å². The van der Waals surface area contributed by atoms with Gasteiger partial charge in [0.15, 0.2) is 0 Å². The Kier molecular flexibility index (Phi) is 11.0. The maximum atomic E-state index is 3.03. The number of anilines is 1. The summed E-state index contributed by atoms with van der Waals surface area (Å²) in [5.41, 5.74) is 1.16. The summed E-state index contributed by atoms with van der Waals surface area (Å²) in [5.74, 6) is 0. The van der Waals surface area contributed by atoms with Gasteiger partial charge in [0.05, 0.1) is 0 Å². The molecule has 0 bridgehead atoms. The molecule has 0 fully saturated rings. The predicted octanol–water partition coefficient (Wildman–Crippen LogP) is -4.04. The summed E-state index contributed by atoms with van der Waals surface area (Å²) in [6.07, 6.45) is 0. The molecule has 0 unspecified atom stereocenters. The Labute approximate surface area is 109 Å². The molecule has 0 spiro atoms. The van der Waals surface area contributed by atoms with Gasteiger partial charge in [-0.3, -0.25) is 0 Å². The van der Waals surface area contributed by atoms with Gasteiger partial charge in [0, 0.05) is 12.7 Å². The minimum Gasteiger partial charge on any atom is -1.00 e. The van der Waals surface area contributed by atoms with E-state index in [1.807, 2.05) is 37.4 Å². The molecule has 0 heterocycles. The molecule has 3 heteroatoms. The van der Waals surface area contributed by atoms with E-state index in [4.69, 9.17) is 0 Å². The number of hydrogen-bond acceptors (Lipinski definition) is 1.